The summed E-state index contributed by atoms with van der Waals surface area (Å²) in [7, 11) is 0. The van der Waals surface area contributed by atoms with Gasteiger partial charge >= 0.3 is 5.97 Å². The Morgan fingerprint density at radius 1 is 1.47 bits per heavy atom. The molecule has 0 bridgehead atoms. The van der Waals surface area contributed by atoms with Crippen LogP contribution in [0.1, 0.15) is 16.1 Å². The number of aromatic carboxylic acids is 1. The number of hydrogen-bond acceptors (Lipinski definition) is 4. The summed E-state index contributed by atoms with van der Waals surface area (Å²) in [5.74, 6) is -1.83. The standard InChI is InChI=1S/C10H8FN3O3/c11-7-4-2-1-3-6(7)5-17-9-8(10(15)16)12-14-13-9/h1-4H,5H2,(H,15,16)(H,12,13,14). The Morgan fingerprint density at radius 3 is 2.94 bits per heavy atom. The van der Waals surface area contributed by atoms with Crippen molar-refractivity contribution in [2.45, 2.75) is 6.61 Å². The Hall–Kier alpha value is -2.44. The predicted molar refractivity (Wildman–Crippen MR) is 54.1 cm³/mol. The average Bonchev–Trinajstić information content (AvgIpc) is 2.76. The van der Waals surface area contributed by atoms with Gasteiger partial charge in [0.1, 0.15) is 12.4 Å². The van der Waals surface area contributed by atoms with Crippen molar-refractivity contribution in [2.24, 2.45) is 0 Å². The first-order valence-corrected chi connectivity index (χ1v) is 4.69. The molecule has 2 N–H and O–H groups in total. The van der Waals surface area contributed by atoms with Crippen molar-refractivity contribution in [1.82, 2.24) is 15.4 Å². The first-order chi connectivity index (χ1) is 8.18. The van der Waals surface area contributed by atoms with E-state index in [-0.39, 0.29) is 18.2 Å². The molecule has 1 heterocycles. The van der Waals surface area contributed by atoms with Gasteiger partial charge < -0.3 is 9.84 Å². The first kappa shape index (κ1) is 11.1. The molecule has 1 aromatic carbocycles. The lowest BCUT2D eigenvalue weighted by atomic mass is 10.2. The van der Waals surface area contributed by atoms with E-state index in [1.165, 1.54) is 12.1 Å². The Labute approximate surface area is 95.0 Å². The SMILES string of the molecule is O=C(O)c1[nH]nnc1OCc1ccccc1F. The molecular formula is C10H8FN3O3. The van der Waals surface area contributed by atoms with E-state index in [1.54, 1.807) is 12.1 Å². The molecule has 0 aliphatic rings. The van der Waals surface area contributed by atoms with E-state index in [0.29, 0.717) is 5.56 Å². The zero-order chi connectivity index (χ0) is 12.3. The third-order valence-electron chi connectivity index (χ3n) is 2.05. The van der Waals surface area contributed by atoms with Crippen LogP contribution in [-0.2, 0) is 6.61 Å². The number of carboxylic acids is 1. The molecule has 0 atom stereocenters. The molecule has 0 aliphatic carbocycles. The number of halogens is 1. The second-order valence-corrected chi connectivity index (χ2v) is 3.18. The lowest BCUT2D eigenvalue weighted by molar-refractivity contribution is 0.0685. The van der Waals surface area contributed by atoms with E-state index in [2.05, 4.69) is 15.4 Å². The quantitative estimate of drug-likeness (QED) is 0.834. The number of aromatic nitrogens is 3. The van der Waals surface area contributed by atoms with Crippen LogP contribution in [0.4, 0.5) is 4.39 Å². The van der Waals surface area contributed by atoms with Crippen molar-refractivity contribution in [2.75, 3.05) is 0 Å². The van der Waals surface area contributed by atoms with E-state index in [9.17, 15) is 9.18 Å². The molecule has 0 unspecified atom stereocenters. The van der Waals surface area contributed by atoms with Crippen LogP contribution < -0.4 is 4.74 Å². The number of nitrogens with one attached hydrogen (secondary N) is 1. The summed E-state index contributed by atoms with van der Waals surface area (Å²) in [6, 6.07) is 6.04. The van der Waals surface area contributed by atoms with E-state index in [0.717, 1.165) is 0 Å². The highest BCUT2D eigenvalue weighted by Gasteiger charge is 2.16. The van der Waals surface area contributed by atoms with Crippen LogP contribution in [0.5, 0.6) is 5.88 Å². The maximum absolute atomic E-state index is 13.2. The smallest absolute Gasteiger partial charge is 0.359 e. The highest BCUT2D eigenvalue weighted by molar-refractivity contribution is 5.87. The second kappa shape index (κ2) is 4.60. The lowest BCUT2D eigenvalue weighted by Crippen LogP contribution is -2.04. The van der Waals surface area contributed by atoms with E-state index >= 15 is 0 Å². The molecule has 0 saturated heterocycles. The highest BCUT2D eigenvalue weighted by Crippen LogP contribution is 2.14. The molecule has 0 amide bonds. The van der Waals surface area contributed by atoms with Gasteiger partial charge in [0.25, 0.3) is 5.88 Å². The largest absolute Gasteiger partial charge is 0.476 e. The number of benzene rings is 1. The Kier molecular flexibility index (Phi) is 2.99. The molecule has 2 aromatic rings. The summed E-state index contributed by atoms with van der Waals surface area (Å²) in [6.45, 7) is -0.112. The van der Waals surface area contributed by atoms with Crippen LogP contribution in [0.3, 0.4) is 0 Å². The first-order valence-electron chi connectivity index (χ1n) is 4.69. The van der Waals surface area contributed by atoms with Gasteiger partial charge in [0.05, 0.1) is 0 Å². The molecule has 0 saturated carbocycles. The minimum absolute atomic E-state index is 0.112. The van der Waals surface area contributed by atoms with Gasteiger partial charge in [-0.05, 0) is 6.07 Å². The average molecular weight is 237 g/mol. The van der Waals surface area contributed by atoms with Crippen molar-refractivity contribution in [3.8, 4) is 5.88 Å². The molecule has 0 aliphatic heterocycles. The molecule has 1 aromatic heterocycles. The monoisotopic (exact) mass is 237 g/mol. The normalized spacial score (nSPS) is 10.2. The number of aromatic amines is 1. The van der Waals surface area contributed by atoms with Crippen molar-refractivity contribution < 1.29 is 19.0 Å². The summed E-state index contributed by atoms with van der Waals surface area (Å²) in [4.78, 5) is 10.7. The van der Waals surface area contributed by atoms with Gasteiger partial charge in [-0.2, -0.15) is 0 Å². The van der Waals surface area contributed by atoms with Gasteiger partial charge in [-0.25, -0.2) is 14.3 Å². The minimum atomic E-state index is -1.24. The highest BCUT2D eigenvalue weighted by atomic mass is 19.1. The van der Waals surface area contributed by atoms with Crippen LogP contribution in [-0.4, -0.2) is 26.5 Å². The molecule has 6 nitrogen and oxygen atoms in total. The summed E-state index contributed by atoms with van der Waals surface area (Å²) in [5.41, 5.74) is 0.0492. The van der Waals surface area contributed by atoms with Gasteiger partial charge in [-0.1, -0.05) is 28.5 Å². The van der Waals surface area contributed by atoms with Crippen molar-refractivity contribution in [1.29, 1.82) is 0 Å². The van der Waals surface area contributed by atoms with E-state index in [1.807, 2.05) is 0 Å². The molecule has 0 fully saturated rings. The lowest BCUT2D eigenvalue weighted by Gasteiger charge is -2.04. The van der Waals surface area contributed by atoms with E-state index < -0.39 is 11.8 Å². The van der Waals surface area contributed by atoms with Gasteiger partial charge in [-0.15, -0.1) is 0 Å². The zero-order valence-corrected chi connectivity index (χ0v) is 8.55. The molecule has 2 rings (SSSR count). The molecule has 0 spiro atoms. The van der Waals surface area contributed by atoms with Crippen LogP contribution in [0.15, 0.2) is 24.3 Å². The Morgan fingerprint density at radius 2 is 2.24 bits per heavy atom. The van der Waals surface area contributed by atoms with Gasteiger partial charge in [0, 0.05) is 5.56 Å². The summed E-state index contributed by atoms with van der Waals surface area (Å²) >= 11 is 0. The Bertz CT molecular complexity index is 541. The number of carbonyl (C=O) groups is 1. The molecular weight excluding hydrogens is 229 g/mol. The van der Waals surface area contributed by atoms with Crippen molar-refractivity contribution >= 4 is 5.97 Å². The van der Waals surface area contributed by atoms with E-state index in [4.69, 9.17) is 9.84 Å². The maximum Gasteiger partial charge on any atom is 0.359 e. The fourth-order valence-corrected chi connectivity index (χ4v) is 1.22. The fraction of sp³-hybridized carbons (Fsp3) is 0.100. The molecule has 0 radical (unpaired) electrons. The summed E-state index contributed by atoms with van der Waals surface area (Å²) < 4.78 is 18.3. The van der Waals surface area contributed by atoms with Crippen LogP contribution in [0.2, 0.25) is 0 Å². The maximum atomic E-state index is 13.2. The number of nitrogens with zero attached hydrogens (tertiary/aromatic N) is 2. The predicted octanol–water partition coefficient (Wildman–Crippen LogP) is 1.22. The number of ether oxygens (including phenoxy) is 1. The van der Waals surface area contributed by atoms with Crippen LogP contribution >= 0.6 is 0 Å². The number of carboxylic acid groups (broad SMARTS) is 1. The summed E-state index contributed by atoms with van der Waals surface area (Å²) in [6.07, 6.45) is 0. The van der Waals surface area contributed by atoms with Crippen molar-refractivity contribution in [3.05, 3.63) is 41.3 Å². The minimum Gasteiger partial charge on any atom is -0.476 e. The van der Waals surface area contributed by atoms with Crippen LogP contribution in [0, 0.1) is 5.82 Å². The number of H-pyrrole nitrogens is 1. The van der Waals surface area contributed by atoms with Gasteiger partial charge in [0.15, 0.2) is 0 Å². The van der Waals surface area contributed by atoms with Crippen molar-refractivity contribution in [3.63, 3.8) is 0 Å². The third-order valence-corrected chi connectivity index (χ3v) is 2.05. The molecule has 7 heteroatoms. The van der Waals surface area contributed by atoms with Gasteiger partial charge in [0.2, 0.25) is 5.69 Å². The zero-order valence-electron chi connectivity index (χ0n) is 8.55. The van der Waals surface area contributed by atoms with Crippen LogP contribution in [0.25, 0.3) is 0 Å². The summed E-state index contributed by atoms with van der Waals surface area (Å²) in [5, 5.41) is 17.7. The topological polar surface area (TPSA) is 88.1 Å². The third kappa shape index (κ3) is 2.39. The van der Waals surface area contributed by atoms with Gasteiger partial charge in [-0.3, -0.25) is 0 Å². The Balaban J connectivity index is 2.10. The number of hydrogen-bond donors (Lipinski definition) is 2. The molecule has 88 valence electrons. The number of rotatable bonds is 4. The fourth-order valence-electron chi connectivity index (χ4n) is 1.22. The second-order valence-electron chi connectivity index (χ2n) is 3.18. The molecule has 17 heavy (non-hydrogen) atoms.